The van der Waals surface area contributed by atoms with Crippen molar-refractivity contribution in [1.82, 2.24) is 19.4 Å². The third-order valence-corrected chi connectivity index (χ3v) is 5.13. The van der Waals surface area contributed by atoms with Crippen LogP contribution >= 0.6 is 0 Å². The highest BCUT2D eigenvalue weighted by Crippen LogP contribution is 2.27. The van der Waals surface area contributed by atoms with Crippen LogP contribution in [0.2, 0.25) is 0 Å². The van der Waals surface area contributed by atoms with Crippen molar-refractivity contribution in [3.05, 3.63) is 60.0 Å². The topological polar surface area (TPSA) is 88.6 Å². The molecule has 1 aromatic carbocycles. The van der Waals surface area contributed by atoms with Crippen LogP contribution in [0.4, 0.5) is 15.8 Å². The zero-order valence-corrected chi connectivity index (χ0v) is 16.5. The number of nitrogens with zero attached hydrogens (tertiary/aromatic N) is 5. The molecule has 1 aliphatic heterocycles. The largest absolute Gasteiger partial charge is 0.436 e. The van der Waals surface area contributed by atoms with E-state index >= 15 is 0 Å². The van der Waals surface area contributed by atoms with Gasteiger partial charge in [-0.15, -0.1) is 0 Å². The normalized spacial score (nSPS) is 13.5. The number of amides is 1. The fourth-order valence-corrected chi connectivity index (χ4v) is 3.47. The van der Waals surface area contributed by atoms with E-state index in [1.807, 2.05) is 6.20 Å². The van der Waals surface area contributed by atoms with Crippen molar-refractivity contribution >= 4 is 23.1 Å². The smallest absolute Gasteiger partial charge is 0.293 e. The summed E-state index contributed by atoms with van der Waals surface area (Å²) in [5, 5.41) is 2.73. The number of anilines is 2. The number of nitrogens with one attached hydrogen (secondary N) is 1. The molecule has 4 aromatic rings. The molecule has 8 nitrogen and oxygen atoms in total. The number of aromatic nitrogens is 4. The Morgan fingerprint density at radius 1 is 1.20 bits per heavy atom. The summed E-state index contributed by atoms with van der Waals surface area (Å²) in [5.41, 5.74) is 2.64. The minimum Gasteiger partial charge on any atom is -0.436 e. The van der Waals surface area contributed by atoms with Gasteiger partial charge in [0.15, 0.2) is 5.89 Å². The monoisotopic (exact) mass is 406 g/mol. The lowest BCUT2D eigenvalue weighted by Gasteiger charge is -2.32. The first-order chi connectivity index (χ1) is 14.5. The Kier molecular flexibility index (Phi) is 4.23. The number of imidazole rings is 1. The van der Waals surface area contributed by atoms with Gasteiger partial charge in [-0.3, -0.25) is 9.20 Å². The fourth-order valence-electron chi connectivity index (χ4n) is 3.47. The highest BCUT2D eigenvalue weighted by Gasteiger charge is 2.19. The van der Waals surface area contributed by atoms with E-state index in [-0.39, 0.29) is 11.3 Å². The van der Waals surface area contributed by atoms with Gasteiger partial charge in [-0.1, -0.05) is 0 Å². The molecule has 0 saturated carbocycles. The van der Waals surface area contributed by atoms with Crippen LogP contribution in [0.3, 0.4) is 0 Å². The number of carbonyl (C=O) groups is 1. The average molecular weight is 406 g/mol. The molecule has 0 bridgehead atoms. The van der Waals surface area contributed by atoms with Gasteiger partial charge < -0.3 is 14.6 Å². The second-order valence-corrected chi connectivity index (χ2v) is 7.28. The first-order valence-corrected chi connectivity index (χ1v) is 9.63. The summed E-state index contributed by atoms with van der Waals surface area (Å²) in [4.78, 5) is 27.6. The number of halogens is 1. The number of fused-ring (bicyclic) bond motifs is 1. The molecule has 1 saturated heterocycles. The Bertz CT molecular complexity index is 1270. The Hall–Kier alpha value is -3.75. The lowest BCUT2D eigenvalue weighted by Crippen LogP contribution is -2.37. The van der Waals surface area contributed by atoms with Gasteiger partial charge in [0.25, 0.3) is 5.91 Å². The van der Waals surface area contributed by atoms with Gasteiger partial charge in [0.1, 0.15) is 5.82 Å². The summed E-state index contributed by atoms with van der Waals surface area (Å²) in [5.74, 6) is 0.143. The van der Waals surface area contributed by atoms with Crippen LogP contribution in [0.1, 0.15) is 28.6 Å². The van der Waals surface area contributed by atoms with Crippen molar-refractivity contribution in [1.29, 1.82) is 0 Å². The lowest BCUT2D eigenvalue weighted by molar-refractivity contribution is 0.0994. The Morgan fingerprint density at radius 3 is 2.73 bits per heavy atom. The minimum absolute atomic E-state index is 0.133. The van der Waals surface area contributed by atoms with Gasteiger partial charge in [0.05, 0.1) is 23.3 Å². The van der Waals surface area contributed by atoms with Crippen molar-refractivity contribution < 1.29 is 13.6 Å². The zero-order valence-electron chi connectivity index (χ0n) is 16.5. The molecule has 0 atom stereocenters. The van der Waals surface area contributed by atoms with E-state index < -0.39 is 11.7 Å². The van der Waals surface area contributed by atoms with Gasteiger partial charge in [-0.2, -0.15) is 0 Å². The molecule has 5 rings (SSSR count). The molecule has 1 amide bonds. The number of aryl methyl sites for hydroxylation is 2. The van der Waals surface area contributed by atoms with E-state index in [9.17, 15) is 9.18 Å². The van der Waals surface area contributed by atoms with Gasteiger partial charge in [-0.05, 0) is 31.5 Å². The van der Waals surface area contributed by atoms with Crippen molar-refractivity contribution in [2.24, 2.45) is 0 Å². The predicted molar refractivity (Wildman–Crippen MR) is 109 cm³/mol. The molecular formula is C21H19FN6O2. The van der Waals surface area contributed by atoms with Gasteiger partial charge >= 0.3 is 0 Å². The minimum atomic E-state index is -0.443. The van der Waals surface area contributed by atoms with E-state index in [1.165, 1.54) is 18.6 Å². The van der Waals surface area contributed by atoms with Crippen LogP contribution in [0.15, 0.2) is 41.2 Å². The van der Waals surface area contributed by atoms with Crippen molar-refractivity contribution in [2.75, 3.05) is 23.3 Å². The molecule has 1 aliphatic rings. The van der Waals surface area contributed by atoms with Crippen LogP contribution in [0.25, 0.3) is 17.0 Å². The highest BCUT2D eigenvalue weighted by molar-refractivity contribution is 6.03. The first-order valence-electron chi connectivity index (χ1n) is 9.63. The van der Waals surface area contributed by atoms with Crippen molar-refractivity contribution in [3.63, 3.8) is 0 Å². The van der Waals surface area contributed by atoms with E-state index in [2.05, 4.69) is 25.2 Å². The van der Waals surface area contributed by atoms with Gasteiger partial charge in [-0.25, -0.2) is 19.3 Å². The lowest BCUT2D eigenvalue weighted by atomic mass is 10.1. The Morgan fingerprint density at radius 2 is 2.03 bits per heavy atom. The molecule has 0 aliphatic carbocycles. The van der Waals surface area contributed by atoms with Crippen LogP contribution in [0, 0.1) is 19.7 Å². The Balaban J connectivity index is 1.45. The molecular weight excluding hydrogens is 387 g/mol. The van der Waals surface area contributed by atoms with E-state index in [0.29, 0.717) is 28.7 Å². The number of oxazole rings is 1. The fraction of sp³-hybridized carbons (Fsp3) is 0.238. The summed E-state index contributed by atoms with van der Waals surface area (Å²) in [7, 11) is 0. The number of benzene rings is 1. The maximum atomic E-state index is 14.6. The molecule has 3 aromatic heterocycles. The molecule has 1 fully saturated rings. The molecule has 0 radical (unpaired) electrons. The standard InChI is InChI=1S/C21H19FN6O2/c1-12-19(30-13(2)24-12)20(29)25-14-4-5-17(22)16(8-14)18-11-28-10-15(27-6-3-7-27)9-23-21(28)26-18/h4-5,8-11H,3,6-7H2,1-2H3,(H,25,29). The maximum Gasteiger partial charge on any atom is 0.293 e. The Labute approximate surface area is 171 Å². The molecule has 152 valence electrons. The quantitative estimate of drug-likeness (QED) is 0.557. The van der Waals surface area contributed by atoms with Crippen LogP contribution < -0.4 is 10.2 Å². The van der Waals surface area contributed by atoms with Crippen LogP contribution in [-0.2, 0) is 0 Å². The van der Waals surface area contributed by atoms with Crippen LogP contribution in [-0.4, -0.2) is 38.3 Å². The molecule has 1 N–H and O–H groups in total. The molecule has 9 heteroatoms. The third-order valence-electron chi connectivity index (χ3n) is 5.13. The molecule has 0 unspecified atom stereocenters. The first kappa shape index (κ1) is 18.3. The molecule has 30 heavy (non-hydrogen) atoms. The highest BCUT2D eigenvalue weighted by atomic mass is 19.1. The van der Waals surface area contributed by atoms with Crippen molar-refractivity contribution in [2.45, 2.75) is 20.3 Å². The molecule has 0 spiro atoms. The van der Waals surface area contributed by atoms with E-state index in [0.717, 1.165) is 18.8 Å². The number of hydrogen-bond donors (Lipinski definition) is 1. The summed E-state index contributed by atoms with van der Waals surface area (Å²) < 4.78 is 21.7. The van der Waals surface area contributed by atoms with Gasteiger partial charge in [0, 0.05) is 43.7 Å². The number of hydrogen-bond acceptors (Lipinski definition) is 6. The summed E-state index contributed by atoms with van der Waals surface area (Å²) >= 11 is 0. The zero-order chi connectivity index (χ0) is 20.8. The summed E-state index contributed by atoms with van der Waals surface area (Å²) in [6, 6.07) is 4.33. The molecule has 4 heterocycles. The van der Waals surface area contributed by atoms with Crippen molar-refractivity contribution in [3.8, 4) is 11.3 Å². The second kappa shape index (κ2) is 6.94. The predicted octanol–water partition coefficient (Wildman–Crippen LogP) is 3.60. The van der Waals surface area contributed by atoms with E-state index in [4.69, 9.17) is 4.42 Å². The second-order valence-electron chi connectivity index (χ2n) is 7.28. The van der Waals surface area contributed by atoms with E-state index in [1.54, 1.807) is 36.7 Å². The third kappa shape index (κ3) is 3.18. The number of rotatable bonds is 4. The maximum absolute atomic E-state index is 14.6. The summed E-state index contributed by atoms with van der Waals surface area (Å²) in [6.07, 6.45) is 6.63. The van der Waals surface area contributed by atoms with Crippen LogP contribution in [0.5, 0.6) is 0 Å². The van der Waals surface area contributed by atoms with Gasteiger partial charge in [0.2, 0.25) is 11.5 Å². The SMILES string of the molecule is Cc1nc(C)c(C(=O)Nc2ccc(F)c(-c3cn4cc(N5CCC5)cnc4n3)c2)o1. The number of carbonyl (C=O) groups excluding carboxylic acids is 1. The average Bonchev–Trinajstić information content (AvgIpc) is 3.24. The summed E-state index contributed by atoms with van der Waals surface area (Å²) in [6.45, 7) is 5.38.